The van der Waals surface area contributed by atoms with Crippen LogP contribution in [0, 0.1) is 5.82 Å². The summed E-state index contributed by atoms with van der Waals surface area (Å²) in [5.74, 6) is -1.83. The van der Waals surface area contributed by atoms with E-state index in [1.165, 1.54) is 0 Å². The molecule has 0 saturated carbocycles. The molecule has 3 nitrogen and oxygen atoms in total. The summed E-state index contributed by atoms with van der Waals surface area (Å²) in [4.78, 5) is 10.9. The van der Waals surface area contributed by atoms with Gasteiger partial charge in [-0.25, -0.2) is 9.18 Å². The number of hydrogen-bond acceptors (Lipinski definition) is 2. The van der Waals surface area contributed by atoms with Crippen molar-refractivity contribution in [2.75, 3.05) is 0 Å². The van der Waals surface area contributed by atoms with Gasteiger partial charge in [0.15, 0.2) is 0 Å². The number of benzene rings is 1. The molecule has 1 aromatic carbocycles. The second kappa shape index (κ2) is 4.43. The summed E-state index contributed by atoms with van der Waals surface area (Å²) in [5, 5.41) is 8.71. The van der Waals surface area contributed by atoms with Crippen LogP contribution < -0.4 is 4.43 Å². The van der Waals surface area contributed by atoms with Gasteiger partial charge in [0.2, 0.25) is 8.32 Å². The number of rotatable bonds is 3. The first-order chi connectivity index (χ1) is 7.20. The van der Waals surface area contributed by atoms with E-state index in [4.69, 9.17) is 21.1 Å². The highest BCUT2D eigenvalue weighted by molar-refractivity contribution is 6.70. The van der Waals surface area contributed by atoms with Crippen molar-refractivity contribution in [2.24, 2.45) is 0 Å². The molecule has 0 heterocycles. The lowest BCUT2D eigenvalue weighted by atomic mass is 10.2. The van der Waals surface area contributed by atoms with Crippen LogP contribution in [0.3, 0.4) is 0 Å². The van der Waals surface area contributed by atoms with Gasteiger partial charge in [0.1, 0.15) is 17.1 Å². The van der Waals surface area contributed by atoms with Gasteiger partial charge in [0.05, 0.1) is 5.02 Å². The summed E-state index contributed by atoms with van der Waals surface area (Å²) >= 11 is 5.52. The molecular formula is C10H12ClFO3Si. The molecular weight excluding hydrogens is 251 g/mol. The van der Waals surface area contributed by atoms with E-state index in [-0.39, 0.29) is 16.3 Å². The minimum Gasteiger partial charge on any atom is -0.544 e. The molecule has 0 aliphatic heterocycles. The van der Waals surface area contributed by atoms with Crippen LogP contribution in [0.25, 0.3) is 0 Å². The molecule has 0 radical (unpaired) electrons. The Morgan fingerprint density at radius 1 is 1.44 bits per heavy atom. The molecule has 0 spiro atoms. The van der Waals surface area contributed by atoms with E-state index in [0.29, 0.717) is 0 Å². The zero-order valence-corrected chi connectivity index (χ0v) is 10.9. The third-order valence-corrected chi connectivity index (χ3v) is 2.79. The predicted molar refractivity (Wildman–Crippen MR) is 62.3 cm³/mol. The largest absolute Gasteiger partial charge is 0.544 e. The standard InChI is InChI=1S/C10H12ClFO3Si/c1-16(2,3)15-9-5-8(12)7(11)4-6(9)10(13)14/h4-5H,1-3H3,(H,13,14). The minimum absolute atomic E-state index is 0.0357. The summed E-state index contributed by atoms with van der Waals surface area (Å²) in [6, 6.07) is 2.08. The van der Waals surface area contributed by atoms with Crippen LogP contribution >= 0.6 is 11.6 Å². The maximum atomic E-state index is 13.2. The first kappa shape index (κ1) is 13.0. The second-order valence-electron chi connectivity index (χ2n) is 4.28. The summed E-state index contributed by atoms with van der Waals surface area (Å²) in [6.07, 6.45) is 0. The quantitative estimate of drug-likeness (QED) is 0.850. The van der Waals surface area contributed by atoms with Crippen molar-refractivity contribution in [3.63, 3.8) is 0 Å². The predicted octanol–water partition coefficient (Wildman–Crippen LogP) is 3.39. The Morgan fingerprint density at radius 3 is 2.44 bits per heavy atom. The molecule has 0 aliphatic rings. The van der Waals surface area contributed by atoms with Gasteiger partial charge in [0.25, 0.3) is 0 Å². The van der Waals surface area contributed by atoms with Gasteiger partial charge in [0, 0.05) is 6.07 Å². The Labute approximate surface area is 98.9 Å². The smallest absolute Gasteiger partial charge is 0.339 e. The van der Waals surface area contributed by atoms with E-state index < -0.39 is 20.1 Å². The molecule has 0 fully saturated rings. The monoisotopic (exact) mass is 262 g/mol. The van der Waals surface area contributed by atoms with Crippen LogP contribution in [0.1, 0.15) is 10.4 Å². The van der Waals surface area contributed by atoms with Gasteiger partial charge in [-0.05, 0) is 25.7 Å². The molecule has 0 bridgehead atoms. The van der Waals surface area contributed by atoms with Crippen molar-refractivity contribution < 1.29 is 18.7 Å². The molecule has 0 saturated heterocycles. The summed E-state index contributed by atoms with van der Waals surface area (Å²) < 4.78 is 18.7. The molecule has 0 aliphatic carbocycles. The van der Waals surface area contributed by atoms with Crippen LogP contribution in [0.15, 0.2) is 12.1 Å². The Kier molecular flexibility index (Phi) is 3.60. The highest BCUT2D eigenvalue weighted by Gasteiger charge is 2.22. The topological polar surface area (TPSA) is 46.5 Å². The molecule has 1 aromatic rings. The van der Waals surface area contributed by atoms with Crippen molar-refractivity contribution in [1.29, 1.82) is 0 Å². The van der Waals surface area contributed by atoms with Crippen LogP contribution in [-0.4, -0.2) is 19.4 Å². The maximum Gasteiger partial charge on any atom is 0.339 e. The Hall–Kier alpha value is -1.07. The van der Waals surface area contributed by atoms with Gasteiger partial charge in [-0.2, -0.15) is 0 Å². The first-order valence-corrected chi connectivity index (χ1v) is 8.40. The SMILES string of the molecule is C[Si](C)(C)Oc1cc(F)c(Cl)cc1C(=O)O. The normalized spacial score (nSPS) is 11.3. The van der Waals surface area contributed by atoms with Crippen molar-refractivity contribution in [3.05, 3.63) is 28.5 Å². The molecule has 0 amide bonds. The van der Waals surface area contributed by atoms with E-state index in [0.717, 1.165) is 12.1 Å². The van der Waals surface area contributed by atoms with Crippen LogP contribution in [-0.2, 0) is 0 Å². The maximum absolute atomic E-state index is 13.2. The van der Waals surface area contributed by atoms with Crippen molar-refractivity contribution in [2.45, 2.75) is 19.6 Å². The molecule has 88 valence electrons. The average molecular weight is 263 g/mol. The van der Waals surface area contributed by atoms with E-state index in [2.05, 4.69) is 0 Å². The van der Waals surface area contributed by atoms with Crippen LogP contribution in [0.5, 0.6) is 5.75 Å². The number of halogens is 2. The number of carboxylic acids is 1. The first-order valence-electron chi connectivity index (χ1n) is 4.62. The van der Waals surface area contributed by atoms with Gasteiger partial charge >= 0.3 is 5.97 Å². The van der Waals surface area contributed by atoms with Gasteiger partial charge < -0.3 is 9.53 Å². The van der Waals surface area contributed by atoms with Gasteiger partial charge in [-0.1, -0.05) is 11.6 Å². The molecule has 1 rings (SSSR count). The summed E-state index contributed by atoms with van der Waals surface area (Å²) in [6.45, 7) is 5.64. The molecule has 0 atom stereocenters. The zero-order chi connectivity index (χ0) is 12.5. The Morgan fingerprint density at radius 2 is 2.00 bits per heavy atom. The summed E-state index contributed by atoms with van der Waals surface area (Å²) in [5.41, 5.74) is -0.117. The fourth-order valence-electron chi connectivity index (χ4n) is 1.11. The Balaban J connectivity index is 3.25. The van der Waals surface area contributed by atoms with Crippen molar-refractivity contribution in [3.8, 4) is 5.75 Å². The molecule has 16 heavy (non-hydrogen) atoms. The van der Waals surface area contributed by atoms with E-state index in [1.54, 1.807) is 0 Å². The number of carbonyl (C=O) groups is 1. The zero-order valence-electron chi connectivity index (χ0n) is 9.17. The number of aromatic carboxylic acids is 1. The van der Waals surface area contributed by atoms with Crippen molar-refractivity contribution >= 4 is 25.9 Å². The lowest BCUT2D eigenvalue weighted by Gasteiger charge is -2.20. The average Bonchev–Trinajstić information content (AvgIpc) is 2.07. The highest BCUT2D eigenvalue weighted by Crippen LogP contribution is 2.28. The van der Waals surface area contributed by atoms with E-state index >= 15 is 0 Å². The highest BCUT2D eigenvalue weighted by atomic mass is 35.5. The van der Waals surface area contributed by atoms with Gasteiger partial charge in [-0.15, -0.1) is 0 Å². The molecule has 0 aromatic heterocycles. The third kappa shape index (κ3) is 3.21. The van der Waals surface area contributed by atoms with E-state index in [9.17, 15) is 9.18 Å². The molecule has 6 heteroatoms. The van der Waals surface area contributed by atoms with E-state index in [1.807, 2.05) is 19.6 Å². The van der Waals surface area contributed by atoms with Gasteiger partial charge in [-0.3, -0.25) is 0 Å². The summed E-state index contributed by atoms with van der Waals surface area (Å²) in [7, 11) is -1.99. The van der Waals surface area contributed by atoms with Crippen molar-refractivity contribution in [1.82, 2.24) is 0 Å². The molecule has 1 N–H and O–H groups in total. The second-order valence-corrected chi connectivity index (χ2v) is 9.12. The lowest BCUT2D eigenvalue weighted by Crippen LogP contribution is -2.30. The fourth-order valence-corrected chi connectivity index (χ4v) is 2.10. The lowest BCUT2D eigenvalue weighted by molar-refractivity contribution is 0.0695. The number of carboxylic acid groups (broad SMARTS) is 1. The Bertz CT molecular complexity index is 429. The minimum atomic E-state index is -1.99. The molecule has 0 unspecified atom stereocenters. The van der Waals surface area contributed by atoms with Crippen LogP contribution in [0.4, 0.5) is 4.39 Å². The van der Waals surface area contributed by atoms with Crippen LogP contribution in [0.2, 0.25) is 24.7 Å². The fraction of sp³-hybridized carbons (Fsp3) is 0.300. The number of hydrogen-bond donors (Lipinski definition) is 1. The third-order valence-electron chi connectivity index (χ3n) is 1.67.